The topological polar surface area (TPSA) is 40.5 Å². The summed E-state index contributed by atoms with van der Waals surface area (Å²) in [6.45, 7) is 0.295. The SMILES string of the molecule is [3H]OC[C@@H]1C2C3C=CC(C3)C23CCCC3N1C([B])=O. The third-order valence-corrected chi connectivity index (χ3v) is 6.13. The molecule has 1 spiro atoms. The number of aliphatic hydroxyl groups is 1. The third-order valence-electron chi connectivity index (χ3n) is 6.13. The molecule has 94 valence electrons. The molecule has 2 bridgehead atoms. The Balaban J connectivity index is 1.80. The van der Waals surface area contributed by atoms with Crippen LogP contribution >= 0.6 is 0 Å². The van der Waals surface area contributed by atoms with Gasteiger partial charge in [-0.15, -0.1) is 0 Å². The molecule has 1 aliphatic heterocycles. The van der Waals surface area contributed by atoms with Gasteiger partial charge in [-0.1, -0.05) is 18.6 Å². The predicted molar refractivity (Wildman–Crippen MR) is 68.2 cm³/mol. The standard InChI is InChI=1S/C14H18BNO2/c15-13(18)16-10(7-17)12-8-3-4-9(6-8)14(12)5-1-2-11(14)16/h3-4,8-12,17H,1-2,5-7H2/t8?,9?,10-,11?,12?,14?/m1/s1/i17T. The molecule has 6 atom stereocenters. The van der Waals surface area contributed by atoms with Crippen LogP contribution in [0.5, 0.6) is 0 Å². The number of likely N-dealkylation sites (tertiary alicyclic amines) is 1. The fraction of sp³-hybridized carbons (Fsp3) is 0.786. The minimum Gasteiger partial charge on any atom is -0.394 e. The van der Waals surface area contributed by atoms with Gasteiger partial charge in [-0.3, -0.25) is 4.79 Å². The van der Waals surface area contributed by atoms with Crippen molar-refractivity contribution in [2.75, 3.05) is 6.61 Å². The van der Waals surface area contributed by atoms with Crippen LogP contribution in [0.25, 0.3) is 0 Å². The molecule has 2 radical (unpaired) electrons. The lowest BCUT2D eigenvalue weighted by Gasteiger charge is -2.37. The van der Waals surface area contributed by atoms with Gasteiger partial charge in [0.05, 0.1) is 12.6 Å². The fourth-order valence-electron chi connectivity index (χ4n) is 5.84. The van der Waals surface area contributed by atoms with Crippen LogP contribution in [0.15, 0.2) is 12.2 Å². The maximum atomic E-state index is 11.9. The molecular weight excluding hydrogens is 225 g/mol. The summed E-state index contributed by atoms with van der Waals surface area (Å²) in [5.41, 5.74) is 0.234. The van der Waals surface area contributed by atoms with E-state index in [1.807, 2.05) is 4.90 Å². The van der Waals surface area contributed by atoms with Gasteiger partial charge in [0, 0.05) is 11.5 Å². The molecule has 5 unspecified atom stereocenters. The van der Waals surface area contributed by atoms with Crippen molar-refractivity contribution in [1.29, 1.82) is 1.43 Å². The van der Waals surface area contributed by atoms with Crippen molar-refractivity contribution in [3.8, 4) is 0 Å². The Hall–Kier alpha value is -0.765. The molecule has 1 amide bonds. The molecule has 3 nitrogen and oxygen atoms in total. The van der Waals surface area contributed by atoms with E-state index in [1.165, 1.54) is 19.3 Å². The van der Waals surface area contributed by atoms with E-state index in [2.05, 4.69) is 17.3 Å². The van der Waals surface area contributed by atoms with E-state index in [-0.39, 0.29) is 23.3 Å². The monoisotopic (exact) mass is 245 g/mol. The Kier molecular flexibility index (Phi) is 1.91. The number of rotatable bonds is 2. The molecule has 4 rings (SSSR count). The summed E-state index contributed by atoms with van der Waals surface area (Å²) >= 11 is 0. The number of aliphatic hydroxyl groups excluding tert-OH is 1. The molecule has 1 N–H and O–H groups in total. The maximum absolute atomic E-state index is 11.9. The molecule has 3 fully saturated rings. The Labute approximate surface area is 110 Å². The van der Waals surface area contributed by atoms with E-state index in [0.29, 0.717) is 24.4 Å². The van der Waals surface area contributed by atoms with Gasteiger partial charge in [0.1, 0.15) is 0 Å². The van der Waals surface area contributed by atoms with Gasteiger partial charge in [0.2, 0.25) is 9.28 Å². The second-order valence-corrected chi connectivity index (χ2v) is 6.42. The summed E-state index contributed by atoms with van der Waals surface area (Å²) in [4.78, 5) is 13.8. The summed E-state index contributed by atoms with van der Waals surface area (Å²) in [6, 6.07) is 0.273. The first-order valence-electron chi connectivity index (χ1n) is 7.45. The van der Waals surface area contributed by atoms with Crippen LogP contribution in [0.1, 0.15) is 25.7 Å². The normalized spacial score (nSPS) is 52.6. The van der Waals surface area contributed by atoms with Crippen molar-refractivity contribution in [3.05, 3.63) is 12.2 Å². The Bertz CT molecular complexity index is 457. The maximum Gasteiger partial charge on any atom is 0.210 e. The molecular formula is C14H18BNO2. The highest BCUT2D eigenvalue weighted by atomic mass is 16.3. The molecule has 18 heavy (non-hydrogen) atoms. The van der Waals surface area contributed by atoms with E-state index in [4.69, 9.17) is 9.28 Å². The van der Waals surface area contributed by atoms with E-state index in [1.54, 1.807) is 0 Å². The average molecular weight is 245 g/mol. The van der Waals surface area contributed by atoms with Crippen molar-refractivity contribution < 1.29 is 9.90 Å². The van der Waals surface area contributed by atoms with Crippen LogP contribution in [0, 0.1) is 23.2 Å². The van der Waals surface area contributed by atoms with Gasteiger partial charge in [0.25, 0.3) is 0 Å². The molecule has 0 aromatic carbocycles. The molecule has 3 aliphatic carbocycles. The predicted octanol–water partition coefficient (Wildman–Crippen LogP) is 1.31. The van der Waals surface area contributed by atoms with Gasteiger partial charge in [-0.05, 0) is 37.0 Å². The molecule has 4 heteroatoms. The highest BCUT2D eigenvalue weighted by molar-refractivity contribution is 6.57. The van der Waals surface area contributed by atoms with Crippen LogP contribution in [0.3, 0.4) is 0 Å². The molecule has 1 heterocycles. The number of nitrogens with zero attached hydrogens (tertiary/aromatic N) is 1. The number of fused-ring (bicyclic) bond motifs is 3. The van der Waals surface area contributed by atoms with Crippen LogP contribution in [-0.4, -0.2) is 43.8 Å². The smallest absolute Gasteiger partial charge is 0.210 e. The zero-order chi connectivity index (χ0) is 13.2. The molecule has 2 saturated carbocycles. The minimum absolute atomic E-state index is 0.000231. The van der Waals surface area contributed by atoms with Gasteiger partial charge in [0.15, 0.2) is 5.81 Å². The first kappa shape index (κ1) is 10.1. The van der Waals surface area contributed by atoms with Crippen LogP contribution < -0.4 is 0 Å². The first-order valence-corrected chi connectivity index (χ1v) is 7.04. The Morgan fingerprint density at radius 3 is 3.28 bits per heavy atom. The Morgan fingerprint density at radius 2 is 2.50 bits per heavy atom. The second kappa shape index (κ2) is 3.41. The highest BCUT2D eigenvalue weighted by Gasteiger charge is 2.69. The average Bonchev–Trinajstić information content (AvgIpc) is 3.04. The molecule has 1 saturated heterocycles. The molecule has 0 aromatic heterocycles. The van der Waals surface area contributed by atoms with Gasteiger partial charge >= 0.3 is 0 Å². The van der Waals surface area contributed by atoms with E-state index in [0.717, 1.165) is 6.42 Å². The summed E-state index contributed by atoms with van der Waals surface area (Å²) in [5, 5.41) is 4.66. The number of allylic oxidation sites excluding steroid dienone is 2. The van der Waals surface area contributed by atoms with Crippen molar-refractivity contribution in [3.63, 3.8) is 0 Å². The zero-order valence-corrected chi connectivity index (χ0v) is 10.4. The van der Waals surface area contributed by atoms with Crippen LogP contribution in [0.2, 0.25) is 0 Å². The molecule has 0 aromatic rings. The molecule has 4 aliphatic rings. The van der Waals surface area contributed by atoms with Gasteiger partial charge in [-0.25, -0.2) is 0 Å². The minimum atomic E-state index is -0.331. The summed E-state index contributed by atoms with van der Waals surface area (Å²) in [5.74, 6) is 1.28. The van der Waals surface area contributed by atoms with Crippen molar-refractivity contribution in [2.24, 2.45) is 23.2 Å². The lowest BCUT2D eigenvalue weighted by atomic mass is 9.66. The van der Waals surface area contributed by atoms with Crippen LogP contribution in [0.4, 0.5) is 4.79 Å². The number of carbonyl (C=O) groups excluding carboxylic acids is 1. The highest BCUT2D eigenvalue weighted by Crippen LogP contribution is 2.69. The number of hydrogen-bond donors (Lipinski definition) is 1. The van der Waals surface area contributed by atoms with E-state index < -0.39 is 0 Å². The number of amides is 1. The van der Waals surface area contributed by atoms with Gasteiger partial charge in [-0.2, -0.15) is 0 Å². The lowest BCUT2D eigenvalue weighted by molar-refractivity contribution is 0.127. The van der Waals surface area contributed by atoms with Gasteiger partial charge < -0.3 is 10.0 Å². The van der Waals surface area contributed by atoms with Crippen molar-refractivity contribution >= 4 is 13.7 Å². The zero-order valence-electron chi connectivity index (χ0n) is 11.4. The quantitative estimate of drug-likeness (QED) is 0.588. The number of hydrogen-bond acceptors (Lipinski definition) is 2. The lowest BCUT2D eigenvalue weighted by Crippen LogP contribution is -2.45. The summed E-state index contributed by atoms with van der Waals surface area (Å²) in [6.07, 6.45) is 9.36. The fourth-order valence-corrected chi connectivity index (χ4v) is 5.84. The van der Waals surface area contributed by atoms with Crippen molar-refractivity contribution in [2.45, 2.75) is 37.8 Å². The Morgan fingerprint density at radius 1 is 1.61 bits per heavy atom. The van der Waals surface area contributed by atoms with E-state index in [9.17, 15) is 4.79 Å². The number of carbonyl (C=O) groups is 1. The third kappa shape index (κ3) is 1.01. The van der Waals surface area contributed by atoms with Crippen molar-refractivity contribution in [1.82, 2.24) is 4.90 Å². The first-order chi connectivity index (χ1) is 9.20. The second-order valence-electron chi connectivity index (χ2n) is 6.42. The summed E-state index contributed by atoms with van der Waals surface area (Å²) < 4.78 is 7.09. The van der Waals surface area contributed by atoms with E-state index >= 15 is 0 Å². The van der Waals surface area contributed by atoms with Crippen LogP contribution in [-0.2, 0) is 0 Å². The largest absolute Gasteiger partial charge is 0.394 e. The summed E-state index contributed by atoms with van der Waals surface area (Å²) in [7, 11) is 5.64.